The molecule has 1 aliphatic rings. The highest BCUT2D eigenvalue weighted by atomic mass is 32.2. The third-order valence-corrected chi connectivity index (χ3v) is 7.39. The number of nitrogens with zero attached hydrogens (tertiary/aromatic N) is 3. The Kier molecular flexibility index (Phi) is 5.79. The number of aromatic nitrogens is 1. The number of benzene rings is 1. The van der Waals surface area contributed by atoms with Gasteiger partial charge in [-0.1, -0.05) is 19.1 Å². The summed E-state index contributed by atoms with van der Waals surface area (Å²) in [6.45, 7) is 3.25. The second-order valence-electron chi connectivity index (χ2n) is 7.06. The maximum absolute atomic E-state index is 13.0. The molecule has 1 atom stereocenters. The SMILES string of the molecule is CC1CCCN(S(=O)(=O)c2cccc(-c3csc(N/N=C/c4ccco4)n3)c2)C1. The van der Waals surface area contributed by atoms with E-state index in [-0.39, 0.29) is 0 Å². The highest BCUT2D eigenvalue weighted by Crippen LogP contribution is 2.29. The van der Waals surface area contributed by atoms with Gasteiger partial charge in [0.15, 0.2) is 0 Å². The highest BCUT2D eigenvalue weighted by molar-refractivity contribution is 7.89. The van der Waals surface area contributed by atoms with Gasteiger partial charge in [0.05, 0.1) is 23.1 Å². The number of nitrogens with one attached hydrogen (secondary N) is 1. The molecule has 0 amide bonds. The normalized spacial score (nSPS) is 18.3. The van der Waals surface area contributed by atoms with Gasteiger partial charge in [-0.05, 0) is 43.0 Å². The van der Waals surface area contributed by atoms with Crippen LogP contribution in [-0.2, 0) is 10.0 Å². The molecule has 3 aromatic rings. The summed E-state index contributed by atoms with van der Waals surface area (Å²) in [5.74, 6) is 1.02. The lowest BCUT2D eigenvalue weighted by Gasteiger charge is -2.30. The molecule has 152 valence electrons. The minimum Gasteiger partial charge on any atom is -0.463 e. The van der Waals surface area contributed by atoms with Crippen molar-refractivity contribution in [2.45, 2.75) is 24.7 Å². The van der Waals surface area contributed by atoms with Crippen molar-refractivity contribution in [1.82, 2.24) is 9.29 Å². The topological polar surface area (TPSA) is 87.8 Å². The standard InChI is InChI=1S/C20H22N4O3S2/c1-15-5-3-9-24(13-15)29(25,26)18-8-2-6-16(11-18)19-14-28-20(22-19)23-21-12-17-7-4-10-27-17/h2,4,6-8,10-12,14-15H,3,5,9,13H2,1H3,(H,22,23)/b21-12+. The summed E-state index contributed by atoms with van der Waals surface area (Å²) >= 11 is 1.40. The van der Waals surface area contributed by atoms with Crippen LogP contribution in [0.15, 0.2) is 62.5 Å². The molecule has 1 saturated heterocycles. The van der Waals surface area contributed by atoms with Crippen LogP contribution in [0.4, 0.5) is 5.13 Å². The van der Waals surface area contributed by atoms with E-state index in [1.165, 1.54) is 11.3 Å². The van der Waals surface area contributed by atoms with Crippen LogP contribution >= 0.6 is 11.3 Å². The highest BCUT2D eigenvalue weighted by Gasteiger charge is 2.28. The molecule has 1 unspecified atom stereocenters. The number of anilines is 1. The summed E-state index contributed by atoms with van der Waals surface area (Å²) in [6.07, 6.45) is 5.12. The van der Waals surface area contributed by atoms with E-state index in [9.17, 15) is 8.42 Å². The fourth-order valence-electron chi connectivity index (χ4n) is 3.30. The lowest BCUT2D eigenvalue weighted by molar-refractivity contribution is 0.281. The maximum Gasteiger partial charge on any atom is 0.243 e. The van der Waals surface area contributed by atoms with Crippen LogP contribution in [0.5, 0.6) is 0 Å². The number of piperidine rings is 1. The second-order valence-corrected chi connectivity index (χ2v) is 9.86. The van der Waals surface area contributed by atoms with Crippen molar-refractivity contribution in [3.63, 3.8) is 0 Å². The number of sulfonamides is 1. The van der Waals surface area contributed by atoms with E-state index in [0.717, 1.165) is 18.4 Å². The quantitative estimate of drug-likeness (QED) is 0.466. The molecule has 1 fully saturated rings. The molecule has 2 aromatic heterocycles. The predicted octanol–water partition coefficient (Wildman–Crippen LogP) is 4.27. The van der Waals surface area contributed by atoms with Crippen molar-refractivity contribution in [3.05, 3.63) is 53.8 Å². The summed E-state index contributed by atoms with van der Waals surface area (Å²) in [5, 5.41) is 6.58. The Labute approximate surface area is 174 Å². The van der Waals surface area contributed by atoms with Gasteiger partial charge in [-0.2, -0.15) is 9.41 Å². The minimum atomic E-state index is -3.50. The number of rotatable bonds is 6. The molecule has 0 bridgehead atoms. The molecule has 29 heavy (non-hydrogen) atoms. The van der Waals surface area contributed by atoms with Crippen molar-refractivity contribution in [1.29, 1.82) is 0 Å². The Morgan fingerprint density at radius 2 is 2.24 bits per heavy atom. The van der Waals surface area contributed by atoms with Crippen LogP contribution in [0.25, 0.3) is 11.3 Å². The van der Waals surface area contributed by atoms with Gasteiger partial charge in [-0.15, -0.1) is 11.3 Å². The van der Waals surface area contributed by atoms with Crippen molar-refractivity contribution in [3.8, 4) is 11.3 Å². The van der Waals surface area contributed by atoms with Crippen molar-refractivity contribution < 1.29 is 12.8 Å². The summed E-state index contributed by atoms with van der Waals surface area (Å²) < 4.78 is 32.9. The van der Waals surface area contributed by atoms with E-state index in [0.29, 0.717) is 40.5 Å². The first kappa shape index (κ1) is 19.8. The molecule has 7 nitrogen and oxygen atoms in total. The van der Waals surface area contributed by atoms with E-state index in [1.54, 1.807) is 47.1 Å². The van der Waals surface area contributed by atoms with E-state index < -0.39 is 10.0 Å². The zero-order chi connectivity index (χ0) is 20.3. The summed E-state index contributed by atoms with van der Waals surface area (Å²) in [5.41, 5.74) is 4.33. The number of thiazole rings is 1. The summed E-state index contributed by atoms with van der Waals surface area (Å²) in [4.78, 5) is 4.81. The minimum absolute atomic E-state index is 0.308. The van der Waals surface area contributed by atoms with Crippen LogP contribution in [0, 0.1) is 5.92 Å². The number of hydrogen-bond donors (Lipinski definition) is 1. The monoisotopic (exact) mass is 430 g/mol. The van der Waals surface area contributed by atoms with E-state index >= 15 is 0 Å². The lowest BCUT2D eigenvalue weighted by Crippen LogP contribution is -2.39. The van der Waals surface area contributed by atoms with E-state index in [4.69, 9.17) is 4.42 Å². The number of furan rings is 1. The molecule has 0 saturated carbocycles. The van der Waals surface area contributed by atoms with Gasteiger partial charge in [0, 0.05) is 24.0 Å². The fraction of sp³-hybridized carbons (Fsp3) is 0.300. The van der Waals surface area contributed by atoms with Crippen molar-refractivity contribution >= 4 is 32.7 Å². The Morgan fingerprint density at radius 3 is 3.03 bits per heavy atom. The molecule has 1 aromatic carbocycles. The number of hydrogen-bond acceptors (Lipinski definition) is 7. The van der Waals surface area contributed by atoms with Crippen LogP contribution in [-0.4, -0.2) is 37.0 Å². The van der Waals surface area contributed by atoms with Crippen LogP contribution < -0.4 is 5.43 Å². The Bertz CT molecular complexity index is 1090. The fourth-order valence-corrected chi connectivity index (χ4v) is 5.62. The van der Waals surface area contributed by atoms with Gasteiger partial charge in [-0.25, -0.2) is 13.4 Å². The molecular weight excluding hydrogens is 408 g/mol. The molecule has 1 N–H and O–H groups in total. The second kappa shape index (κ2) is 8.48. The molecule has 0 aliphatic carbocycles. The average molecular weight is 431 g/mol. The van der Waals surface area contributed by atoms with Gasteiger partial charge in [-0.3, -0.25) is 5.43 Å². The zero-order valence-corrected chi connectivity index (χ0v) is 17.6. The van der Waals surface area contributed by atoms with Gasteiger partial charge in [0.25, 0.3) is 0 Å². The maximum atomic E-state index is 13.0. The first-order valence-electron chi connectivity index (χ1n) is 9.41. The molecule has 0 spiro atoms. The lowest BCUT2D eigenvalue weighted by atomic mass is 10.0. The Hall–Kier alpha value is -2.49. The first-order valence-corrected chi connectivity index (χ1v) is 11.7. The molecule has 3 heterocycles. The van der Waals surface area contributed by atoms with Gasteiger partial charge in [0.1, 0.15) is 5.76 Å². The molecule has 0 radical (unpaired) electrons. The summed E-state index contributed by atoms with van der Waals surface area (Å²) in [7, 11) is -3.50. The van der Waals surface area contributed by atoms with Crippen LogP contribution in [0.2, 0.25) is 0 Å². The van der Waals surface area contributed by atoms with Crippen molar-refractivity contribution in [2.24, 2.45) is 11.0 Å². The molecule has 1 aliphatic heterocycles. The average Bonchev–Trinajstić information content (AvgIpc) is 3.40. The van der Waals surface area contributed by atoms with Crippen molar-refractivity contribution in [2.75, 3.05) is 18.5 Å². The van der Waals surface area contributed by atoms with E-state index in [2.05, 4.69) is 22.4 Å². The zero-order valence-electron chi connectivity index (χ0n) is 16.0. The smallest absolute Gasteiger partial charge is 0.243 e. The van der Waals surface area contributed by atoms with E-state index in [1.807, 2.05) is 11.4 Å². The first-order chi connectivity index (χ1) is 14.0. The van der Waals surface area contributed by atoms with Gasteiger partial charge < -0.3 is 4.42 Å². The third-order valence-electron chi connectivity index (χ3n) is 4.79. The predicted molar refractivity (Wildman–Crippen MR) is 115 cm³/mol. The molecule has 9 heteroatoms. The summed E-state index contributed by atoms with van der Waals surface area (Å²) in [6, 6.07) is 10.6. The van der Waals surface area contributed by atoms with Crippen LogP contribution in [0.1, 0.15) is 25.5 Å². The number of hydrazone groups is 1. The van der Waals surface area contributed by atoms with Gasteiger partial charge in [0.2, 0.25) is 15.2 Å². The van der Waals surface area contributed by atoms with Gasteiger partial charge >= 0.3 is 0 Å². The van der Waals surface area contributed by atoms with Crippen LogP contribution in [0.3, 0.4) is 0 Å². The Morgan fingerprint density at radius 1 is 1.34 bits per heavy atom. The largest absolute Gasteiger partial charge is 0.463 e. The molecular formula is C20H22N4O3S2. The third kappa shape index (κ3) is 4.58. The Balaban J connectivity index is 1.51. The molecule has 4 rings (SSSR count).